The van der Waals surface area contributed by atoms with Crippen molar-refractivity contribution in [1.29, 1.82) is 0 Å². The Labute approximate surface area is 186 Å². The van der Waals surface area contributed by atoms with E-state index in [0.717, 1.165) is 24.0 Å². The highest BCUT2D eigenvalue weighted by atomic mass is 35.5. The minimum Gasteiger partial charge on any atom is -0.507 e. The molecule has 2 aliphatic rings. The van der Waals surface area contributed by atoms with Crippen molar-refractivity contribution in [3.8, 4) is 5.75 Å². The van der Waals surface area contributed by atoms with E-state index in [0.29, 0.717) is 11.6 Å². The predicted octanol–water partition coefficient (Wildman–Crippen LogP) is 4.26. The van der Waals surface area contributed by atoms with Gasteiger partial charge in [0, 0.05) is 13.2 Å². The van der Waals surface area contributed by atoms with Gasteiger partial charge >= 0.3 is 0 Å². The number of nitrogens with zero attached hydrogens (tertiary/aromatic N) is 1. The molecule has 2 atom stereocenters. The summed E-state index contributed by atoms with van der Waals surface area (Å²) in [5.41, 5.74) is 1.83. The van der Waals surface area contributed by atoms with E-state index >= 15 is 0 Å². The van der Waals surface area contributed by atoms with E-state index in [1.807, 2.05) is 37.3 Å². The molecular formula is C24H24ClNO5. The van der Waals surface area contributed by atoms with Crippen LogP contribution in [0.5, 0.6) is 5.75 Å². The summed E-state index contributed by atoms with van der Waals surface area (Å²) in [7, 11) is 1.44. The highest BCUT2D eigenvalue weighted by Gasteiger charge is 2.47. The third kappa shape index (κ3) is 3.93. The summed E-state index contributed by atoms with van der Waals surface area (Å²) in [5, 5.41) is 11.6. The molecule has 1 N–H and O–H groups in total. The number of likely N-dealkylation sites (tertiary alicyclic amines) is 1. The lowest BCUT2D eigenvalue weighted by Crippen LogP contribution is -2.36. The van der Waals surface area contributed by atoms with Crippen molar-refractivity contribution in [2.45, 2.75) is 31.9 Å². The number of ketones is 1. The molecule has 0 radical (unpaired) electrons. The summed E-state index contributed by atoms with van der Waals surface area (Å²) >= 11 is 6.31. The number of Topliss-reactive ketones (excluding diaryl/α,β-unsaturated/α-hetero) is 1. The van der Waals surface area contributed by atoms with Gasteiger partial charge in [0.15, 0.2) is 0 Å². The van der Waals surface area contributed by atoms with Gasteiger partial charge in [0.25, 0.3) is 11.7 Å². The second-order valence-electron chi connectivity index (χ2n) is 7.82. The number of hydrogen-bond acceptors (Lipinski definition) is 5. The first-order valence-electron chi connectivity index (χ1n) is 10.2. The van der Waals surface area contributed by atoms with E-state index in [-0.39, 0.29) is 35.3 Å². The van der Waals surface area contributed by atoms with Gasteiger partial charge in [-0.05, 0) is 43.0 Å². The van der Waals surface area contributed by atoms with Crippen LogP contribution in [0.3, 0.4) is 0 Å². The molecule has 2 aliphatic heterocycles. The molecule has 6 nitrogen and oxygen atoms in total. The molecule has 2 unspecified atom stereocenters. The largest absolute Gasteiger partial charge is 0.507 e. The molecule has 0 saturated carbocycles. The standard InChI is InChI=1S/C24H24ClNO5/c1-14-11-17(23(30-2)18(25)12-14)21(27)19-20(15-7-4-3-5-8-15)26(24(29)22(19)28)13-16-9-6-10-31-16/h3-5,7-8,11-12,16,20,27H,6,9-10,13H2,1-2H3/b21-19+. The van der Waals surface area contributed by atoms with Crippen LogP contribution in [0.25, 0.3) is 5.76 Å². The van der Waals surface area contributed by atoms with Crippen LogP contribution in [-0.4, -0.2) is 48.1 Å². The average molecular weight is 442 g/mol. The molecule has 0 bridgehead atoms. The van der Waals surface area contributed by atoms with E-state index in [4.69, 9.17) is 21.1 Å². The monoisotopic (exact) mass is 441 g/mol. The first-order valence-corrected chi connectivity index (χ1v) is 10.6. The quantitative estimate of drug-likeness (QED) is 0.426. The molecule has 1 amide bonds. The number of carbonyl (C=O) groups excluding carboxylic acids is 2. The Balaban J connectivity index is 1.88. The lowest BCUT2D eigenvalue weighted by Gasteiger charge is -2.27. The van der Waals surface area contributed by atoms with Gasteiger partial charge in [-0.3, -0.25) is 9.59 Å². The maximum atomic E-state index is 13.1. The van der Waals surface area contributed by atoms with E-state index in [9.17, 15) is 14.7 Å². The molecule has 2 heterocycles. The number of halogens is 1. The Morgan fingerprint density at radius 2 is 2.00 bits per heavy atom. The lowest BCUT2D eigenvalue weighted by atomic mass is 9.94. The van der Waals surface area contributed by atoms with Crippen LogP contribution in [0.1, 0.15) is 35.6 Å². The van der Waals surface area contributed by atoms with Gasteiger partial charge in [0.05, 0.1) is 35.4 Å². The summed E-state index contributed by atoms with van der Waals surface area (Å²) in [5.74, 6) is -1.43. The summed E-state index contributed by atoms with van der Waals surface area (Å²) < 4.78 is 11.1. The summed E-state index contributed by atoms with van der Waals surface area (Å²) in [6.45, 7) is 2.75. The Hall–Kier alpha value is -2.83. The summed E-state index contributed by atoms with van der Waals surface area (Å²) in [6, 6.07) is 11.9. The number of ether oxygens (including phenoxy) is 2. The van der Waals surface area contributed by atoms with Gasteiger partial charge in [-0.15, -0.1) is 0 Å². The molecule has 2 fully saturated rings. The van der Waals surface area contributed by atoms with Crippen LogP contribution in [-0.2, 0) is 14.3 Å². The molecule has 0 aromatic heterocycles. The fourth-order valence-electron chi connectivity index (χ4n) is 4.32. The van der Waals surface area contributed by atoms with E-state index in [1.54, 1.807) is 12.1 Å². The lowest BCUT2D eigenvalue weighted by molar-refractivity contribution is -0.140. The van der Waals surface area contributed by atoms with Crippen LogP contribution in [0.4, 0.5) is 0 Å². The zero-order valence-corrected chi connectivity index (χ0v) is 18.2. The predicted molar refractivity (Wildman–Crippen MR) is 117 cm³/mol. The van der Waals surface area contributed by atoms with Crippen LogP contribution in [0.15, 0.2) is 48.0 Å². The summed E-state index contributed by atoms with van der Waals surface area (Å²) in [4.78, 5) is 27.7. The number of hydrogen-bond donors (Lipinski definition) is 1. The smallest absolute Gasteiger partial charge is 0.295 e. The van der Waals surface area contributed by atoms with E-state index in [1.165, 1.54) is 12.0 Å². The fourth-order valence-corrected chi connectivity index (χ4v) is 4.67. The number of aryl methyl sites for hydroxylation is 1. The first-order chi connectivity index (χ1) is 14.9. The van der Waals surface area contributed by atoms with Crippen molar-refractivity contribution in [3.63, 3.8) is 0 Å². The zero-order valence-electron chi connectivity index (χ0n) is 17.4. The molecular weight excluding hydrogens is 418 g/mol. The average Bonchev–Trinajstić information content (AvgIpc) is 3.36. The van der Waals surface area contributed by atoms with Crippen LogP contribution in [0, 0.1) is 6.92 Å². The van der Waals surface area contributed by atoms with Crippen molar-refractivity contribution < 1.29 is 24.2 Å². The van der Waals surface area contributed by atoms with Crippen molar-refractivity contribution >= 4 is 29.1 Å². The van der Waals surface area contributed by atoms with Crippen LogP contribution >= 0.6 is 11.6 Å². The minimum absolute atomic E-state index is 0.0224. The third-order valence-corrected chi connectivity index (χ3v) is 6.01. The van der Waals surface area contributed by atoms with Crippen LogP contribution in [0.2, 0.25) is 5.02 Å². The normalized spacial score (nSPS) is 22.9. The number of carbonyl (C=O) groups is 2. The minimum atomic E-state index is -0.732. The Morgan fingerprint density at radius 1 is 1.26 bits per heavy atom. The number of amides is 1. The Morgan fingerprint density at radius 3 is 2.65 bits per heavy atom. The van der Waals surface area contributed by atoms with Crippen molar-refractivity contribution in [2.24, 2.45) is 0 Å². The maximum Gasteiger partial charge on any atom is 0.295 e. The zero-order chi connectivity index (χ0) is 22.1. The molecule has 0 spiro atoms. The molecule has 7 heteroatoms. The topological polar surface area (TPSA) is 76.1 Å². The first kappa shape index (κ1) is 21.4. The molecule has 2 saturated heterocycles. The summed E-state index contributed by atoms with van der Waals surface area (Å²) in [6.07, 6.45) is 1.61. The number of aliphatic hydroxyl groups excluding tert-OH is 1. The van der Waals surface area contributed by atoms with Gasteiger partial charge in [-0.1, -0.05) is 41.9 Å². The molecule has 4 rings (SSSR count). The Bertz CT molecular complexity index is 1040. The Kier molecular flexibility index (Phi) is 6.03. The SMILES string of the molecule is COc1c(Cl)cc(C)cc1/C(O)=C1\C(=O)C(=O)N(CC2CCCO2)C1c1ccccc1. The second-order valence-corrected chi connectivity index (χ2v) is 8.23. The fraction of sp³-hybridized carbons (Fsp3) is 0.333. The van der Waals surface area contributed by atoms with Crippen molar-refractivity contribution in [2.75, 3.05) is 20.3 Å². The van der Waals surface area contributed by atoms with Gasteiger partial charge in [0.2, 0.25) is 0 Å². The molecule has 162 valence electrons. The van der Waals surface area contributed by atoms with Gasteiger partial charge < -0.3 is 19.5 Å². The van der Waals surface area contributed by atoms with Gasteiger partial charge in [-0.2, -0.15) is 0 Å². The van der Waals surface area contributed by atoms with E-state index in [2.05, 4.69) is 0 Å². The highest BCUT2D eigenvalue weighted by Crippen LogP contribution is 2.43. The maximum absolute atomic E-state index is 13.1. The van der Waals surface area contributed by atoms with Crippen molar-refractivity contribution in [3.05, 3.63) is 69.8 Å². The van der Waals surface area contributed by atoms with Crippen molar-refractivity contribution in [1.82, 2.24) is 4.90 Å². The number of rotatable bonds is 5. The molecule has 2 aromatic carbocycles. The molecule has 0 aliphatic carbocycles. The number of benzene rings is 2. The highest BCUT2D eigenvalue weighted by molar-refractivity contribution is 6.46. The molecule has 31 heavy (non-hydrogen) atoms. The van der Waals surface area contributed by atoms with E-state index < -0.39 is 17.7 Å². The second kappa shape index (κ2) is 8.73. The van der Waals surface area contributed by atoms with Gasteiger partial charge in [-0.25, -0.2) is 0 Å². The third-order valence-electron chi connectivity index (χ3n) is 5.73. The molecule has 2 aromatic rings. The number of aliphatic hydroxyl groups is 1. The number of methoxy groups -OCH3 is 1. The van der Waals surface area contributed by atoms with Gasteiger partial charge in [0.1, 0.15) is 11.5 Å². The van der Waals surface area contributed by atoms with Crippen LogP contribution < -0.4 is 4.74 Å².